The van der Waals surface area contributed by atoms with Crippen LogP contribution < -0.4 is 20.1 Å². The third-order valence-electron chi connectivity index (χ3n) is 4.51. The lowest BCUT2D eigenvalue weighted by Crippen LogP contribution is -2.28. The van der Waals surface area contributed by atoms with Crippen LogP contribution in [-0.2, 0) is 16.1 Å². The van der Waals surface area contributed by atoms with Gasteiger partial charge in [-0.15, -0.1) is 0 Å². The number of carbonyl (C=O) groups is 3. The summed E-state index contributed by atoms with van der Waals surface area (Å²) < 4.78 is 15.1. The highest BCUT2D eigenvalue weighted by Gasteiger charge is 2.12. The summed E-state index contributed by atoms with van der Waals surface area (Å²) in [5, 5.41) is 6.18. The van der Waals surface area contributed by atoms with Gasteiger partial charge in [0.2, 0.25) is 0 Å². The lowest BCUT2D eigenvalue weighted by Gasteiger charge is -2.13. The van der Waals surface area contributed by atoms with Crippen molar-refractivity contribution in [2.24, 2.45) is 0 Å². The molecule has 0 aliphatic rings. The van der Waals surface area contributed by atoms with Gasteiger partial charge >= 0.3 is 6.16 Å². The second-order valence-electron chi connectivity index (χ2n) is 6.94. The van der Waals surface area contributed by atoms with Crippen molar-refractivity contribution >= 4 is 35.3 Å². The van der Waals surface area contributed by atoms with E-state index in [1.165, 1.54) is 24.3 Å². The van der Waals surface area contributed by atoms with Crippen molar-refractivity contribution < 1.29 is 28.6 Å². The first-order valence-electron chi connectivity index (χ1n) is 10.4. The molecule has 0 aromatic heterocycles. The van der Waals surface area contributed by atoms with Gasteiger partial charge in [0.1, 0.15) is 11.5 Å². The SMILES string of the molecule is CCOC(=O)Oc1ccc(C(=O)Nc2ccccc2CNC(=O)COc2ccc(Cl)cc2)cc1. The second-order valence-corrected chi connectivity index (χ2v) is 7.38. The molecule has 3 rings (SSSR count). The smallest absolute Gasteiger partial charge is 0.484 e. The summed E-state index contributed by atoms with van der Waals surface area (Å²) in [7, 11) is 0. The molecule has 0 saturated heterocycles. The number of hydrogen-bond donors (Lipinski definition) is 2. The molecule has 2 N–H and O–H groups in total. The molecule has 3 aromatic carbocycles. The highest BCUT2D eigenvalue weighted by molar-refractivity contribution is 6.30. The van der Waals surface area contributed by atoms with E-state index in [2.05, 4.69) is 10.6 Å². The van der Waals surface area contributed by atoms with Crippen LogP contribution in [0.5, 0.6) is 11.5 Å². The van der Waals surface area contributed by atoms with Crippen molar-refractivity contribution in [2.45, 2.75) is 13.5 Å². The number of benzene rings is 3. The first-order valence-corrected chi connectivity index (χ1v) is 10.8. The molecule has 0 saturated carbocycles. The van der Waals surface area contributed by atoms with E-state index >= 15 is 0 Å². The quantitative estimate of drug-likeness (QED) is 0.335. The largest absolute Gasteiger partial charge is 0.513 e. The van der Waals surface area contributed by atoms with E-state index in [9.17, 15) is 14.4 Å². The number of hydrogen-bond acceptors (Lipinski definition) is 6. The minimum absolute atomic E-state index is 0.156. The minimum atomic E-state index is -0.811. The van der Waals surface area contributed by atoms with Gasteiger partial charge < -0.3 is 24.8 Å². The number of halogens is 1. The lowest BCUT2D eigenvalue weighted by atomic mass is 10.1. The first-order chi connectivity index (χ1) is 16.4. The Kier molecular flexibility index (Phi) is 8.88. The molecule has 0 aliphatic heterocycles. The Morgan fingerprint density at radius 2 is 1.56 bits per heavy atom. The maximum absolute atomic E-state index is 12.7. The van der Waals surface area contributed by atoms with Gasteiger partial charge in [-0.1, -0.05) is 29.8 Å². The molecule has 0 spiro atoms. The predicted molar refractivity (Wildman–Crippen MR) is 127 cm³/mol. The highest BCUT2D eigenvalue weighted by Crippen LogP contribution is 2.19. The number of rotatable bonds is 9. The monoisotopic (exact) mass is 482 g/mol. The molecular formula is C25H23ClN2O6. The normalized spacial score (nSPS) is 10.2. The molecule has 2 amide bonds. The Morgan fingerprint density at radius 1 is 0.882 bits per heavy atom. The molecule has 0 aliphatic carbocycles. The van der Waals surface area contributed by atoms with E-state index in [0.717, 1.165) is 5.56 Å². The van der Waals surface area contributed by atoms with Crippen molar-refractivity contribution in [2.75, 3.05) is 18.5 Å². The summed E-state index contributed by atoms with van der Waals surface area (Å²) in [5.41, 5.74) is 1.64. The molecule has 34 heavy (non-hydrogen) atoms. The zero-order valence-electron chi connectivity index (χ0n) is 18.4. The summed E-state index contributed by atoms with van der Waals surface area (Å²) in [5.74, 6) is 0.130. The summed E-state index contributed by atoms with van der Waals surface area (Å²) in [6.45, 7) is 1.92. The lowest BCUT2D eigenvalue weighted by molar-refractivity contribution is -0.123. The van der Waals surface area contributed by atoms with Gasteiger partial charge in [0, 0.05) is 22.8 Å². The Bertz CT molecular complexity index is 1130. The van der Waals surface area contributed by atoms with Crippen molar-refractivity contribution in [3.63, 3.8) is 0 Å². The molecule has 0 bridgehead atoms. The van der Waals surface area contributed by atoms with Crippen LogP contribution >= 0.6 is 11.6 Å². The topological polar surface area (TPSA) is 103 Å². The standard InChI is InChI=1S/C25H23ClN2O6/c1-2-32-25(31)34-21-11-7-17(8-12-21)24(30)28-22-6-4-3-5-18(22)15-27-23(29)16-33-20-13-9-19(26)10-14-20/h3-14H,2,15-16H2,1H3,(H,27,29)(H,28,30). The molecular weight excluding hydrogens is 460 g/mol. The molecule has 0 unspecified atom stereocenters. The molecule has 0 atom stereocenters. The van der Waals surface area contributed by atoms with E-state index < -0.39 is 6.16 Å². The molecule has 0 radical (unpaired) electrons. The van der Waals surface area contributed by atoms with E-state index in [1.807, 2.05) is 6.07 Å². The fourth-order valence-corrected chi connectivity index (χ4v) is 2.96. The van der Waals surface area contributed by atoms with Gasteiger partial charge in [0.05, 0.1) is 6.61 Å². The van der Waals surface area contributed by atoms with Crippen LogP contribution in [-0.4, -0.2) is 31.2 Å². The maximum Gasteiger partial charge on any atom is 0.513 e. The first kappa shape index (κ1) is 24.6. The fourth-order valence-electron chi connectivity index (χ4n) is 2.83. The maximum atomic E-state index is 12.7. The van der Waals surface area contributed by atoms with E-state index in [4.69, 9.17) is 25.8 Å². The Balaban J connectivity index is 1.54. The summed E-state index contributed by atoms with van der Waals surface area (Å²) in [6, 6.07) is 19.9. The zero-order chi connectivity index (χ0) is 24.3. The number of amides is 2. The number of carbonyl (C=O) groups excluding carboxylic acids is 3. The number of ether oxygens (including phenoxy) is 3. The number of anilines is 1. The van der Waals surface area contributed by atoms with Gasteiger partial charge in [0.25, 0.3) is 11.8 Å². The molecule has 0 fully saturated rings. The van der Waals surface area contributed by atoms with Crippen LogP contribution in [0.15, 0.2) is 72.8 Å². The van der Waals surface area contributed by atoms with Gasteiger partial charge in [-0.25, -0.2) is 4.79 Å². The summed E-state index contributed by atoms with van der Waals surface area (Å²) >= 11 is 5.83. The second kappa shape index (κ2) is 12.3. The van der Waals surface area contributed by atoms with Gasteiger partial charge in [-0.3, -0.25) is 9.59 Å². The van der Waals surface area contributed by atoms with Gasteiger partial charge in [0.15, 0.2) is 6.61 Å². The van der Waals surface area contributed by atoms with Crippen LogP contribution in [0.2, 0.25) is 5.02 Å². The van der Waals surface area contributed by atoms with E-state index in [-0.39, 0.29) is 37.3 Å². The van der Waals surface area contributed by atoms with Crippen molar-refractivity contribution in [1.82, 2.24) is 5.32 Å². The average Bonchev–Trinajstić information content (AvgIpc) is 2.83. The minimum Gasteiger partial charge on any atom is -0.484 e. The molecule has 0 heterocycles. The number of para-hydroxylation sites is 1. The predicted octanol–water partition coefficient (Wildman–Crippen LogP) is 4.82. The van der Waals surface area contributed by atoms with Crippen molar-refractivity contribution in [3.05, 3.63) is 88.9 Å². The van der Waals surface area contributed by atoms with Crippen molar-refractivity contribution in [3.8, 4) is 11.5 Å². The van der Waals surface area contributed by atoms with Crippen molar-refractivity contribution in [1.29, 1.82) is 0 Å². The van der Waals surface area contributed by atoms with Gasteiger partial charge in [-0.2, -0.15) is 0 Å². The van der Waals surface area contributed by atoms with Crippen LogP contribution in [0.3, 0.4) is 0 Å². The van der Waals surface area contributed by atoms with Crippen LogP contribution in [0.4, 0.5) is 10.5 Å². The third kappa shape index (κ3) is 7.53. The fraction of sp³-hybridized carbons (Fsp3) is 0.160. The van der Waals surface area contributed by atoms with Crippen LogP contribution in [0.25, 0.3) is 0 Å². The van der Waals surface area contributed by atoms with Crippen LogP contribution in [0.1, 0.15) is 22.8 Å². The molecule has 9 heteroatoms. The molecule has 8 nitrogen and oxygen atoms in total. The Hall–Kier alpha value is -4.04. The molecule has 176 valence electrons. The summed E-state index contributed by atoms with van der Waals surface area (Å²) in [4.78, 5) is 36.2. The molecule has 3 aromatic rings. The summed E-state index contributed by atoms with van der Waals surface area (Å²) in [6.07, 6.45) is -0.811. The van der Waals surface area contributed by atoms with Crippen LogP contribution in [0, 0.1) is 0 Å². The average molecular weight is 483 g/mol. The van der Waals surface area contributed by atoms with E-state index in [0.29, 0.717) is 22.0 Å². The Morgan fingerprint density at radius 3 is 2.26 bits per heavy atom. The third-order valence-corrected chi connectivity index (χ3v) is 4.76. The zero-order valence-corrected chi connectivity index (χ0v) is 19.1. The number of nitrogens with one attached hydrogen (secondary N) is 2. The Labute approximate surface area is 201 Å². The van der Waals surface area contributed by atoms with E-state index in [1.54, 1.807) is 49.4 Å². The van der Waals surface area contributed by atoms with Gasteiger partial charge in [-0.05, 0) is 67.1 Å². The highest BCUT2D eigenvalue weighted by atomic mass is 35.5.